The SMILES string of the molecule is Cc1ccc(Cn2c(C(=O)N3CCN(C(=O)[C@@H]4C[C@H]4c4ccccc4)[C@H](C)C3)cc3ccoc32)cc1. The van der Waals surface area contributed by atoms with E-state index in [-0.39, 0.29) is 23.8 Å². The van der Waals surface area contributed by atoms with Gasteiger partial charge >= 0.3 is 0 Å². The topological polar surface area (TPSA) is 58.7 Å². The fourth-order valence-corrected chi connectivity index (χ4v) is 5.57. The molecule has 2 fully saturated rings. The molecule has 4 aromatic rings. The van der Waals surface area contributed by atoms with Gasteiger partial charge in [0.1, 0.15) is 5.69 Å². The highest BCUT2D eigenvalue weighted by atomic mass is 16.3. The van der Waals surface area contributed by atoms with Crippen LogP contribution in [-0.4, -0.2) is 51.9 Å². The number of piperazine rings is 1. The first-order valence-electron chi connectivity index (χ1n) is 12.8. The third kappa shape index (κ3) is 4.11. The van der Waals surface area contributed by atoms with Crippen LogP contribution < -0.4 is 0 Å². The number of hydrogen-bond acceptors (Lipinski definition) is 3. The molecule has 2 aromatic heterocycles. The Morgan fingerprint density at radius 2 is 1.78 bits per heavy atom. The molecule has 2 aliphatic rings. The van der Waals surface area contributed by atoms with E-state index in [0.29, 0.717) is 43.5 Å². The molecule has 0 bridgehead atoms. The molecule has 3 atom stereocenters. The second-order valence-electron chi connectivity index (χ2n) is 10.3. The molecule has 184 valence electrons. The Balaban J connectivity index is 1.16. The molecular formula is C30H31N3O3. The summed E-state index contributed by atoms with van der Waals surface area (Å²) in [5.74, 6) is 0.603. The number of rotatable bonds is 5. The van der Waals surface area contributed by atoms with Crippen molar-refractivity contribution >= 4 is 22.9 Å². The maximum atomic E-state index is 13.7. The quantitative estimate of drug-likeness (QED) is 0.400. The number of benzene rings is 2. The van der Waals surface area contributed by atoms with E-state index in [1.165, 1.54) is 11.1 Å². The van der Waals surface area contributed by atoms with Crippen molar-refractivity contribution in [2.75, 3.05) is 19.6 Å². The van der Waals surface area contributed by atoms with Crippen molar-refractivity contribution in [3.05, 3.63) is 95.4 Å². The fraction of sp³-hybridized carbons (Fsp3) is 0.333. The predicted octanol–water partition coefficient (Wildman–Crippen LogP) is 5.07. The molecule has 0 spiro atoms. The molecule has 36 heavy (non-hydrogen) atoms. The van der Waals surface area contributed by atoms with E-state index in [2.05, 4.69) is 50.2 Å². The number of aromatic nitrogens is 1. The highest BCUT2D eigenvalue weighted by Gasteiger charge is 2.47. The lowest BCUT2D eigenvalue weighted by atomic mass is 10.1. The number of nitrogens with zero attached hydrogens (tertiary/aromatic N) is 3. The van der Waals surface area contributed by atoms with Gasteiger partial charge in [-0.05, 0) is 49.4 Å². The fourth-order valence-electron chi connectivity index (χ4n) is 5.57. The molecule has 6 heteroatoms. The highest BCUT2D eigenvalue weighted by Crippen LogP contribution is 2.48. The van der Waals surface area contributed by atoms with Crippen LogP contribution in [-0.2, 0) is 11.3 Å². The van der Waals surface area contributed by atoms with Crippen LogP contribution in [0.25, 0.3) is 11.1 Å². The van der Waals surface area contributed by atoms with Crippen LogP contribution in [0.4, 0.5) is 0 Å². The molecule has 1 aliphatic carbocycles. The van der Waals surface area contributed by atoms with Gasteiger partial charge in [-0.25, -0.2) is 0 Å². The van der Waals surface area contributed by atoms with Gasteiger partial charge in [0.25, 0.3) is 5.91 Å². The Kier molecular flexibility index (Phi) is 5.67. The molecule has 2 aromatic carbocycles. The van der Waals surface area contributed by atoms with Crippen LogP contribution in [0.15, 0.2) is 77.4 Å². The van der Waals surface area contributed by atoms with Crippen molar-refractivity contribution in [1.82, 2.24) is 14.4 Å². The Hall–Kier alpha value is -3.80. The summed E-state index contributed by atoms with van der Waals surface area (Å²) in [5.41, 5.74) is 4.90. The zero-order valence-electron chi connectivity index (χ0n) is 20.8. The molecule has 6 rings (SSSR count). The summed E-state index contributed by atoms with van der Waals surface area (Å²) in [7, 11) is 0. The number of amides is 2. The Morgan fingerprint density at radius 1 is 1.00 bits per heavy atom. The molecule has 6 nitrogen and oxygen atoms in total. The highest BCUT2D eigenvalue weighted by molar-refractivity contribution is 5.98. The van der Waals surface area contributed by atoms with E-state index in [0.717, 1.165) is 17.4 Å². The summed E-state index contributed by atoms with van der Waals surface area (Å²) in [5, 5.41) is 0.924. The average molecular weight is 482 g/mol. The van der Waals surface area contributed by atoms with Crippen LogP contribution in [0.1, 0.15) is 46.4 Å². The Morgan fingerprint density at radius 3 is 2.53 bits per heavy atom. The van der Waals surface area contributed by atoms with Crippen molar-refractivity contribution in [2.45, 2.75) is 38.8 Å². The molecular weight excluding hydrogens is 450 g/mol. The molecule has 3 heterocycles. The summed E-state index contributed by atoms with van der Waals surface area (Å²) in [6.45, 7) is 6.32. The van der Waals surface area contributed by atoms with Crippen molar-refractivity contribution < 1.29 is 14.0 Å². The number of carbonyl (C=O) groups excluding carboxylic acids is 2. The first kappa shape index (κ1) is 22.7. The van der Waals surface area contributed by atoms with Crippen LogP contribution in [0.5, 0.6) is 0 Å². The maximum absolute atomic E-state index is 13.7. The van der Waals surface area contributed by atoms with E-state index in [1.807, 2.05) is 44.7 Å². The van der Waals surface area contributed by atoms with Gasteiger partial charge in [0.2, 0.25) is 11.6 Å². The molecule has 2 amide bonds. The Labute approximate surface area is 211 Å². The van der Waals surface area contributed by atoms with E-state index < -0.39 is 0 Å². The van der Waals surface area contributed by atoms with Gasteiger partial charge in [-0.1, -0.05) is 60.2 Å². The average Bonchev–Trinajstić information content (AvgIpc) is 3.45. The minimum atomic E-state index is -0.0178. The number of aryl methyl sites for hydroxylation is 1. The molecule has 0 radical (unpaired) electrons. The molecule has 1 saturated heterocycles. The van der Waals surface area contributed by atoms with Crippen molar-refractivity contribution in [3.8, 4) is 0 Å². The van der Waals surface area contributed by atoms with Crippen molar-refractivity contribution in [1.29, 1.82) is 0 Å². The lowest BCUT2D eigenvalue weighted by Crippen LogP contribution is -2.56. The third-order valence-electron chi connectivity index (χ3n) is 7.72. The molecule has 1 saturated carbocycles. The summed E-state index contributed by atoms with van der Waals surface area (Å²) < 4.78 is 7.72. The van der Waals surface area contributed by atoms with Crippen LogP contribution in [0.3, 0.4) is 0 Å². The van der Waals surface area contributed by atoms with Crippen molar-refractivity contribution in [2.24, 2.45) is 5.92 Å². The van der Waals surface area contributed by atoms with E-state index in [9.17, 15) is 9.59 Å². The minimum absolute atomic E-state index is 0.0129. The van der Waals surface area contributed by atoms with E-state index >= 15 is 0 Å². The third-order valence-corrected chi connectivity index (χ3v) is 7.72. The lowest BCUT2D eigenvalue weighted by Gasteiger charge is -2.40. The molecule has 0 N–H and O–H groups in total. The van der Waals surface area contributed by atoms with Gasteiger partial charge in [0.15, 0.2) is 0 Å². The Bertz CT molecular complexity index is 1400. The van der Waals surface area contributed by atoms with Crippen LogP contribution in [0.2, 0.25) is 0 Å². The predicted molar refractivity (Wildman–Crippen MR) is 139 cm³/mol. The largest absolute Gasteiger partial charge is 0.448 e. The van der Waals surface area contributed by atoms with Crippen LogP contribution in [0, 0.1) is 12.8 Å². The monoisotopic (exact) mass is 481 g/mol. The van der Waals surface area contributed by atoms with Gasteiger partial charge in [-0.2, -0.15) is 0 Å². The van der Waals surface area contributed by atoms with Gasteiger partial charge in [0, 0.05) is 37.0 Å². The maximum Gasteiger partial charge on any atom is 0.270 e. The van der Waals surface area contributed by atoms with Crippen molar-refractivity contribution in [3.63, 3.8) is 0 Å². The van der Waals surface area contributed by atoms with E-state index in [4.69, 9.17) is 4.42 Å². The standard InChI is InChI=1S/C30H31N3O3/c1-20-8-10-22(11-9-20)19-33-27(16-24-12-15-36-30(24)33)29(35)31-13-14-32(21(2)18-31)28(34)26-17-25(26)23-6-4-3-5-7-23/h3-12,15-16,21,25-26H,13-14,17-19H2,1-2H3/t21-,25+,26-/m1/s1. The zero-order valence-corrected chi connectivity index (χ0v) is 20.8. The number of hydrogen-bond donors (Lipinski definition) is 0. The van der Waals surface area contributed by atoms with Crippen LogP contribution >= 0.6 is 0 Å². The minimum Gasteiger partial charge on any atom is -0.448 e. The van der Waals surface area contributed by atoms with Gasteiger partial charge < -0.3 is 18.8 Å². The number of furan rings is 1. The second-order valence-corrected chi connectivity index (χ2v) is 10.3. The summed E-state index contributed by atoms with van der Waals surface area (Å²) >= 11 is 0. The smallest absolute Gasteiger partial charge is 0.270 e. The van der Waals surface area contributed by atoms with E-state index in [1.54, 1.807) is 6.26 Å². The summed E-state index contributed by atoms with van der Waals surface area (Å²) in [6.07, 6.45) is 2.58. The molecule has 0 unspecified atom stereocenters. The number of fused-ring (bicyclic) bond motifs is 1. The second kappa shape index (κ2) is 9.01. The summed E-state index contributed by atoms with van der Waals surface area (Å²) in [4.78, 5) is 30.8. The molecule has 1 aliphatic heterocycles. The lowest BCUT2D eigenvalue weighted by molar-refractivity contribution is -0.136. The first-order valence-corrected chi connectivity index (χ1v) is 12.8. The zero-order chi connectivity index (χ0) is 24.8. The first-order chi connectivity index (χ1) is 17.5. The normalized spacial score (nSPS) is 21.7. The van der Waals surface area contributed by atoms with Gasteiger partial charge in [0.05, 0.1) is 12.8 Å². The van der Waals surface area contributed by atoms with Gasteiger partial charge in [-0.3, -0.25) is 9.59 Å². The van der Waals surface area contributed by atoms with Gasteiger partial charge in [-0.15, -0.1) is 0 Å². The number of carbonyl (C=O) groups is 2. The summed E-state index contributed by atoms with van der Waals surface area (Å²) in [6, 6.07) is 22.4.